The molecule has 3 heteroatoms. The van der Waals surface area contributed by atoms with Crippen LogP contribution < -0.4 is 4.57 Å². The molecule has 92 valence electrons. The first-order valence-electron chi connectivity index (χ1n) is 6.23. The fourth-order valence-corrected chi connectivity index (χ4v) is 2.96. The van der Waals surface area contributed by atoms with Crippen LogP contribution in [0.1, 0.15) is 0 Å². The highest BCUT2D eigenvalue weighted by atomic mass is 35.5. The molecular formula is C16H12ClN2+. The Kier molecular flexibility index (Phi) is 2.12. The highest BCUT2D eigenvalue weighted by Crippen LogP contribution is 2.27. The van der Waals surface area contributed by atoms with Gasteiger partial charge in [0.1, 0.15) is 11.0 Å². The van der Waals surface area contributed by atoms with Gasteiger partial charge in [0.05, 0.1) is 12.4 Å². The van der Waals surface area contributed by atoms with Gasteiger partial charge in [-0.15, -0.1) is 0 Å². The predicted molar refractivity (Wildman–Crippen MR) is 79.5 cm³/mol. The summed E-state index contributed by atoms with van der Waals surface area (Å²) >= 11 is 6.10. The van der Waals surface area contributed by atoms with Crippen LogP contribution in [0.25, 0.3) is 32.8 Å². The smallest absolute Gasteiger partial charge is 0.240 e. The minimum absolute atomic E-state index is 0.770. The minimum atomic E-state index is 0.770. The topological polar surface area (TPSA) is 19.7 Å². The van der Waals surface area contributed by atoms with Gasteiger partial charge in [0, 0.05) is 15.8 Å². The van der Waals surface area contributed by atoms with Crippen LogP contribution in [0.4, 0.5) is 0 Å². The number of pyridine rings is 1. The largest absolute Gasteiger partial charge is 0.287 e. The van der Waals surface area contributed by atoms with Crippen LogP contribution in [-0.4, -0.2) is 4.98 Å². The second-order valence-corrected chi connectivity index (χ2v) is 5.28. The van der Waals surface area contributed by atoms with E-state index < -0.39 is 0 Å². The van der Waals surface area contributed by atoms with Crippen LogP contribution in [0.3, 0.4) is 0 Å². The Morgan fingerprint density at radius 1 is 1.00 bits per heavy atom. The molecule has 0 fully saturated rings. The van der Waals surface area contributed by atoms with Crippen molar-refractivity contribution in [3.05, 3.63) is 53.6 Å². The molecule has 2 heterocycles. The number of hydrogen-bond donors (Lipinski definition) is 1. The Labute approximate surface area is 115 Å². The summed E-state index contributed by atoms with van der Waals surface area (Å²) in [6, 6.07) is 16.6. The minimum Gasteiger partial charge on any atom is -0.240 e. The molecule has 0 atom stereocenters. The van der Waals surface area contributed by atoms with E-state index in [0.717, 1.165) is 21.6 Å². The van der Waals surface area contributed by atoms with E-state index in [1.807, 2.05) is 18.2 Å². The molecule has 0 radical (unpaired) electrons. The van der Waals surface area contributed by atoms with Crippen molar-refractivity contribution in [2.75, 3.05) is 0 Å². The standard InChI is InChI=1S/C16H11ClN2/c1-19-15-7-6-11(17)8-10(15)9-13-12-4-2-3-5-14(12)18-16(13)19/h2-9H,1H3/p+1. The maximum absolute atomic E-state index is 6.10. The zero-order valence-corrected chi connectivity index (χ0v) is 11.2. The number of H-pyrrole nitrogens is 1. The molecule has 1 N–H and O–H groups in total. The number of aromatic nitrogens is 2. The van der Waals surface area contributed by atoms with Gasteiger partial charge in [-0.25, -0.2) is 9.55 Å². The van der Waals surface area contributed by atoms with E-state index in [-0.39, 0.29) is 0 Å². The van der Waals surface area contributed by atoms with Crippen LogP contribution in [0, 0.1) is 0 Å². The van der Waals surface area contributed by atoms with Crippen LogP contribution in [0.2, 0.25) is 5.02 Å². The third kappa shape index (κ3) is 1.47. The van der Waals surface area contributed by atoms with Crippen molar-refractivity contribution < 1.29 is 4.57 Å². The summed E-state index contributed by atoms with van der Waals surface area (Å²) in [4.78, 5) is 3.48. The highest BCUT2D eigenvalue weighted by Gasteiger charge is 2.15. The molecule has 4 rings (SSSR count). The van der Waals surface area contributed by atoms with Gasteiger partial charge in [0.15, 0.2) is 0 Å². The fraction of sp³-hybridized carbons (Fsp3) is 0.0625. The van der Waals surface area contributed by atoms with Crippen LogP contribution >= 0.6 is 11.6 Å². The Bertz CT molecular complexity index is 938. The first kappa shape index (κ1) is 10.8. The maximum atomic E-state index is 6.10. The van der Waals surface area contributed by atoms with E-state index in [2.05, 4.69) is 46.9 Å². The van der Waals surface area contributed by atoms with Crippen molar-refractivity contribution in [1.29, 1.82) is 0 Å². The number of para-hydroxylation sites is 1. The van der Waals surface area contributed by atoms with Gasteiger partial charge in [0.25, 0.3) is 5.65 Å². The average Bonchev–Trinajstić information content (AvgIpc) is 2.78. The summed E-state index contributed by atoms with van der Waals surface area (Å²) in [7, 11) is 2.08. The first-order chi connectivity index (χ1) is 9.24. The van der Waals surface area contributed by atoms with E-state index in [1.54, 1.807) is 0 Å². The van der Waals surface area contributed by atoms with Crippen molar-refractivity contribution in [1.82, 2.24) is 4.98 Å². The lowest BCUT2D eigenvalue weighted by molar-refractivity contribution is -0.619. The molecule has 2 aromatic heterocycles. The number of aryl methyl sites for hydroxylation is 1. The molecule has 0 saturated carbocycles. The molecule has 0 saturated heterocycles. The molecular weight excluding hydrogens is 256 g/mol. The third-order valence-electron chi connectivity index (χ3n) is 3.71. The number of benzene rings is 2. The van der Waals surface area contributed by atoms with E-state index in [1.165, 1.54) is 16.3 Å². The number of nitrogens with zero attached hydrogens (tertiary/aromatic N) is 1. The van der Waals surface area contributed by atoms with Gasteiger partial charge in [-0.05, 0) is 36.4 Å². The summed E-state index contributed by atoms with van der Waals surface area (Å²) in [6.45, 7) is 0. The van der Waals surface area contributed by atoms with Gasteiger partial charge >= 0.3 is 0 Å². The van der Waals surface area contributed by atoms with Gasteiger partial charge < -0.3 is 0 Å². The molecule has 0 aliphatic rings. The fourth-order valence-electron chi connectivity index (χ4n) is 2.78. The number of nitrogens with one attached hydrogen (secondary N) is 1. The molecule has 19 heavy (non-hydrogen) atoms. The number of rotatable bonds is 0. The first-order valence-corrected chi connectivity index (χ1v) is 6.60. The number of fused-ring (bicyclic) bond motifs is 4. The van der Waals surface area contributed by atoms with Crippen molar-refractivity contribution in [2.24, 2.45) is 7.05 Å². The molecule has 0 aliphatic heterocycles. The van der Waals surface area contributed by atoms with Gasteiger partial charge in [0.2, 0.25) is 0 Å². The van der Waals surface area contributed by atoms with E-state index in [4.69, 9.17) is 11.6 Å². The van der Waals surface area contributed by atoms with Crippen molar-refractivity contribution in [3.63, 3.8) is 0 Å². The zero-order valence-electron chi connectivity index (χ0n) is 10.4. The molecule has 2 aromatic carbocycles. The predicted octanol–water partition coefficient (Wildman–Crippen LogP) is 3.95. The van der Waals surface area contributed by atoms with Gasteiger partial charge in [-0.2, -0.15) is 0 Å². The molecule has 0 aliphatic carbocycles. The van der Waals surface area contributed by atoms with Crippen molar-refractivity contribution in [2.45, 2.75) is 0 Å². The summed E-state index contributed by atoms with van der Waals surface area (Å²) in [5.41, 5.74) is 3.47. The Hall–Kier alpha value is -2.06. The lowest BCUT2D eigenvalue weighted by atomic mass is 10.1. The average molecular weight is 268 g/mol. The molecule has 0 unspecified atom stereocenters. The van der Waals surface area contributed by atoms with Gasteiger partial charge in [-0.3, -0.25) is 0 Å². The Morgan fingerprint density at radius 3 is 2.74 bits per heavy atom. The lowest BCUT2D eigenvalue weighted by Crippen LogP contribution is -2.30. The highest BCUT2D eigenvalue weighted by molar-refractivity contribution is 6.31. The molecule has 2 nitrogen and oxygen atoms in total. The molecule has 0 amide bonds. The zero-order chi connectivity index (χ0) is 13.0. The summed E-state index contributed by atoms with van der Waals surface area (Å²) in [5.74, 6) is 0. The van der Waals surface area contributed by atoms with Crippen molar-refractivity contribution in [3.8, 4) is 0 Å². The summed E-state index contributed by atoms with van der Waals surface area (Å²) in [5, 5.41) is 4.40. The maximum Gasteiger partial charge on any atom is 0.287 e. The second kappa shape index (κ2) is 3.72. The molecule has 0 bridgehead atoms. The molecule has 0 spiro atoms. The number of aromatic amines is 1. The van der Waals surface area contributed by atoms with Crippen molar-refractivity contribution >= 4 is 44.4 Å². The Morgan fingerprint density at radius 2 is 1.84 bits per heavy atom. The quantitative estimate of drug-likeness (QED) is 0.466. The number of halogens is 1. The second-order valence-electron chi connectivity index (χ2n) is 4.84. The van der Waals surface area contributed by atoms with E-state index >= 15 is 0 Å². The van der Waals surface area contributed by atoms with Gasteiger partial charge in [-0.1, -0.05) is 23.7 Å². The Balaban J connectivity index is 2.30. The lowest BCUT2D eigenvalue weighted by Gasteiger charge is -2.01. The monoisotopic (exact) mass is 267 g/mol. The van der Waals surface area contributed by atoms with Crippen LogP contribution in [0.5, 0.6) is 0 Å². The normalized spacial score (nSPS) is 11.7. The molecule has 4 aromatic rings. The SMILES string of the molecule is C[n+]1c2ccc(Cl)cc2cc2c3ccccc3[nH]c21. The van der Waals surface area contributed by atoms with Crippen LogP contribution in [0.15, 0.2) is 48.5 Å². The van der Waals surface area contributed by atoms with Crippen LogP contribution in [-0.2, 0) is 7.05 Å². The summed E-state index contributed by atoms with van der Waals surface area (Å²) < 4.78 is 2.18. The summed E-state index contributed by atoms with van der Waals surface area (Å²) in [6.07, 6.45) is 0. The van der Waals surface area contributed by atoms with E-state index in [9.17, 15) is 0 Å². The third-order valence-corrected chi connectivity index (χ3v) is 3.95. The van der Waals surface area contributed by atoms with E-state index in [0.29, 0.717) is 0 Å². The number of hydrogen-bond acceptors (Lipinski definition) is 0.